The summed E-state index contributed by atoms with van der Waals surface area (Å²) in [4.78, 5) is 32.7. The first kappa shape index (κ1) is 32.7. The lowest BCUT2D eigenvalue weighted by atomic mass is 9.74. The molecule has 4 aliphatic heterocycles. The van der Waals surface area contributed by atoms with E-state index in [1.165, 1.54) is 20.9 Å². The summed E-state index contributed by atoms with van der Waals surface area (Å²) in [6.07, 6.45) is 11.3. The third-order valence-corrected chi connectivity index (χ3v) is 10.8. The quantitative estimate of drug-likeness (QED) is 0.172. The minimum atomic E-state index is -0.270. The zero-order valence-corrected chi connectivity index (χ0v) is 29.3. The van der Waals surface area contributed by atoms with Crippen LogP contribution in [0.15, 0.2) is 95.7 Å². The molecule has 0 aromatic heterocycles. The van der Waals surface area contributed by atoms with Crippen molar-refractivity contribution in [3.05, 3.63) is 107 Å². The van der Waals surface area contributed by atoms with Gasteiger partial charge in [0.1, 0.15) is 0 Å². The number of fused-ring (bicyclic) bond motifs is 2. The zero-order chi connectivity index (χ0) is 33.7. The van der Waals surface area contributed by atoms with E-state index in [2.05, 4.69) is 86.3 Å². The first-order valence-corrected chi connectivity index (χ1v) is 16.8. The van der Waals surface area contributed by atoms with Crippen molar-refractivity contribution in [3.63, 3.8) is 0 Å². The molecule has 2 unspecified atom stereocenters. The van der Waals surface area contributed by atoms with Gasteiger partial charge in [-0.2, -0.15) is 0 Å². The standard InChI is InChI=1S/C37H40N4O4S2/c1-7-41-33(43)29(45-35(41)47)19-21-31-37(3,25-15-9-11-17-27(25)39(31)5)23-13-12-22-36(2)24-14-8-10-16-26(24)38(4)30(36)20-18-28-32(42)40(6)34(46)44-28/h8-11,14-21H,7,12-13,22-23H2,1-6H3. The van der Waals surface area contributed by atoms with Crippen LogP contribution >= 0.6 is 24.4 Å². The van der Waals surface area contributed by atoms with E-state index in [9.17, 15) is 9.59 Å². The van der Waals surface area contributed by atoms with E-state index in [1.54, 1.807) is 19.2 Å². The van der Waals surface area contributed by atoms with Crippen LogP contribution in [0.3, 0.4) is 0 Å². The lowest BCUT2D eigenvalue weighted by Gasteiger charge is -2.31. The van der Waals surface area contributed by atoms with Gasteiger partial charge in [-0.3, -0.25) is 19.4 Å². The number of carbonyl (C=O) groups excluding carboxylic acids is 2. The van der Waals surface area contributed by atoms with Crippen LogP contribution in [0.1, 0.15) is 57.6 Å². The van der Waals surface area contributed by atoms with Crippen molar-refractivity contribution in [2.24, 2.45) is 0 Å². The maximum atomic E-state index is 12.8. The van der Waals surface area contributed by atoms with Crippen molar-refractivity contribution in [2.45, 2.75) is 57.3 Å². The molecule has 2 atom stereocenters. The number of thiocarbonyl (C=S) groups is 2. The number of para-hydroxylation sites is 2. The van der Waals surface area contributed by atoms with Crippen LogP contribution in [-0.4, -0.2) is 59.7 Å². The lowest BCUT2D eigenvalue weighted by molar-refractivity contribution is -0.123. The van der Waals surface area contributed by atoms with Crippen LogP contribution in [0.25, 0.3) is 0 Å². The van der Waals surface area contributed by atoms with Gasteiger partial charge in [-0.1, -0.05) is 49.2 Å². The zero-order valence-electron chi connectivity index (χ0n) is 27.7. The Morgan fingerprint density at radius 1 is 0.660 bits per heavy atom. The number of carbonyl (C=O) groups is 2. The predicted molar refractivity (Wildman–Crippen MR) is 193 cm³/mol. The van der Waals surface area contributed by atoms with Crippen molar-refractivity contribution in [1.29, 1.82) is 0 Å². The average molecular weight is 669 g/mol. The normalized spacial score (nSPS) is 27.2. The predicted octanol–water partition coefficient (Wildman–Crippen LogP) is 6.83. The highest BCUT2D eigenvalue weighted by atomic mass is 32.1. The fourth-order valence-electron chi connectivity index (χ4n) is 7.47. The number of nitrogens with zero attached hydrogens (tertiary/aromatic N) is 4. The molecule has 0 radical (unpaired) electrons. The molecule has 0 saturated carbocycles. The van der Waals surface area contributed by atoms with Gasteiger partial charge in [0.05, 0.1) is 0 Å². The molecule has 2 aromatic carbocycles. The molecule has 10 heteroatoms. The van der Waals surface area contributed by atoms with Crippen molar-refractivity contribution < 1.29 is 19.1 Å². The summed E-state index contributed by atoms with van der Waals surface area (Å²) in [5.74, 6) is 0.0372. The maximum absolute atomic E-state index is 12.8. The Morgan fingerprint density at radius 3 is 1.53 bits per heavy atom. The molecule has 4 aliphatic rings. The second kappa shape index (κ2) is 12.4. The summed E-state index contributed by atoms with van der Waals surface area (Å²) in [6, 6.07) is 17.0. The number of hydrogen-bond acceptors (Lipinski definition) is 8. The van der Waals surface area contributed by atoms with Gasteiger partial charge in [0.2, 0.25) is 0 Å². The lowest BCUT2D eigenvalue weighted by Crippen LogP contribution is -2.28. The molecule has 2 aromatic rings. The van der Waals surface area contributed by atoms with Crippen LogP contribution in [0.5, 0.6) is 0 Å². The molecule has 0 bridgehead atoms. The summed E-state index contributed by atoms with van der Waals surface area (Å²) in [6.45, 7) is 6.93. The smallest absolute Gasteiger partial charge is 0.297 e. The Bertz CT molecular complexity index is 1810. The van der Waals surface area contributed by atoms with Gasteiger partial charge in [0.25, 0.3) is 22.2 Å². The van der Waals surface area contributed by atoms with E-state index in [-0.39, 0.29) is 44.5 Å². The highest BCUT2D eigenvalue weighted by Crippen LogP contribution is 2.52. The van der Waals surface area contributed by atoms with Gasteiger partial charge < -0.3 is 19.3 Å². The van der Waals surface area contributed by atoms with Crippen LogP contribution in [0, 0.1) is 0 Å². The number of hydrogen-bond donors (Lipinski definition) is 0. The minimum Gasteiger partial charge on any atom is -0.426 e. The first-order chi connectivity index (χ1) is 22.4. The molecule has 47 heavy (non-hydrogen) atoms. The summed E-state index contributed by atoms with van der Waals surface area (Å²) in [5.41, 5.74) is 6.53. The van der Waals surface area contributed by atoms with Crippen LogP contribution < -0.4 is 9.80 Å². The second-order valence-corrected chi connectivity index (χ2v) is 13.5. The Labute approximate surface area is 287 Å². The van der Waals surface area contributed by atoms with Gasteiger partial charge in [-0.05, 0) is 106 Å². The molecule has 0 N–H and O–H groups in total. The molecular weight excluding hydrogens is 629 g/mol. The number of ether oxygens (including phenoxy) is 2. The molecule has 0 spiro atoms. The summed E-state index contributed by atoms with van der Waals surface area (Å²) >= 11 is 10.4. The molecule has 2 amide bonds. The van der Waals surface area contributed by atoms with E-state index in [0.717, 1.165) is 48.5 Å². The molecule has 6 rings (SSSR count). The van der Waals surface area contributed by atoms with E-state index >= 15 is 0 Å². The Hall–Kier alpha value is -4.28. The number of amides is 2. The van der Waals surface area contributed by atoms with Gasteiger partial charge >= 0.3 is 0 Å². The summed E-state index contributed by atoms with van der Waals surface area (Å²) in [7, 11) is 5.78. The van der Waals surface area contributed by atoms with Crippen molar-refractivity contribution in [3.8, 4) is 0 Å². The fraction of sp³-hybridized carbons (Fsp3) is 0.351. The molecule has 0 aliphatic carbocycles. The monoisotopic (exact) mass is 668 g/mol. The highest BCUT2D eigenvalue weighted by molar-refractivity contribution is 7.80. The Balaban J connectivity index is 1.25. The molecule has 244 valence electrons. The number of rotatable bonds is 8. The molecule has 8 nitrogen and oxygen atoms in total. The van der Waals surface area contributed by atoms with E-state index in [4.69, 9.17) is 33.9 Å². The van der Waals surface area contributed by atoms with Gasteiger partial charge in [0.15, 0.2) is 11.5 Å². The second-order valence-electron chi connectivity index (χ2n) is 12.8. The van der Waals surface area contributed by atoms with Crippen LogP contribution in [0.2, 0.25) is 0 Å². The first-order valence-electron chi connectivity index (χ1n) is 16.0. The highest BCUT2D eigenvalue weighted by Gasteiger charge is 2.44. The Kier molecular flexibility index (Phi) is 8.61. The van der Waals surface area contributed by atoms with Gasteiger partial charge in [0, 0.05) is 61.3 Å². The topological polar surface area (TPSA) is 65.6 Å². The van der Waals surface area contributed by atoms with Crippen LogP contribution in [-0.2, 0) is 29.9 Å². The number of anilines is 2. The van der Waals surface area contributed by atoms with Crippen molar-refractivity contribution in [2.75, 3.05) is 37.5 Å². The number of unbranched alkanes of at least 4 members (excludes halogenated alkanes) is 1. The molecule has 2 saturated heterocycles. The third-order valence-electron chi connectivity index (χ3n) is 10.1. The van der Waals surface area contributed by atoms with Crippen LogP contribution in [0.4, 0.5) is 11.4 Å². The van der Waals surface area contributed by atoms with Crippen molar-refractivity contribution >= 4 is 58.0 Å². The molecule has 2 fully saturated rings. The number of benzene rings is 2. The number of likely N-dealkylation sites (N-methyl/N-ethyl adjacent to an activating group) is 4. The summed E-state index contributed by atoms with van der Waals surface area (Å²) in [5, 5.41) is 0.361. The van der Waals surface area contributed by atoms with E-state index < -0.39 is 0 Å². The van der Waals surface area contributed by atoms with Crippen molar-refractivity contribution in [1.82, 2.24) is 9.80 Å². The van der Waals surface area contributed by atoms with E-state index in [1.807, 2.05) is 19.1 Å². The Morgan fingerprint density at radius 2 is 1.11 bits per heavy atom. The SMILES string of the molecule is CCN1C(=O)C(=CC=C2N(C)c3ccccc3C2(C)CCCCC2(C)C(=CC=C3OC(=S)N(C)C3=O)N(C)c3ccccc32)OC1=S. The average Bonchev–Trinajstić information content (AvgIpc) is 3.64. The van der Waals surface area contributed by atoms with E-state index in [0.29, 0.717) is 6.54 Å². The maximum Gasteiger partial charge on any atom is 0.297 e. The minimum absolute atomic E-state index is 0.163. The van der Waals surface area contributed by atoms with Gasteiger partial charge in [-0.15, -0.1) is 0 Å². The third kappa shape index (κ3) is 5.37. The number of allylic oxidation sites excluding steroid dienone is 6. The van der Waals surface area contributed by atoms with Gasteiger partial charge in [-0.25, -0.2) is 0 Å². The largest absolute Gasteiger partial charge is 0.426 e. The molecular formula is C37H40N4O4S2. The summed E-state index contributed by atoms with van der Waals surface area (Å²) < 4.78 is 11.2. The molecule has 4 heterocycles. The fourth-order valence-corrected chi connectivity index (χ4v) is 7.95.